The van der Waals surface area contributed by atoms with Crippen LogP contribution in [0.2, 0.25) is 0 Å². The van der Waals surface area contributed by atoms with E-state index < -0.39 is 10.0 Å². The Hall–Kier alpha value is -1.99. The van der Waals surface area contributed by atoms with Gasteiger partial charge in [-0.25, -0.2) is 13.6 Å². The lowest BCUT2D eigenvalue weighted by molar-refractivity contribution is 0.0958. The van der Waals surface area contributed by atoms with E-state index in [0.29, 0.717) is 11.1 Å². The molecular formula is C12H13N3O3S. The Kier molecular flexibility index (Phi) is 3.77. The normalized spacial score (nSPS) is 11.4. The Morgan fingerprint density at radius 2 is 2.05 bits per heavy atom. The first-order chi connectivity index (χ1) is 8.97. The molecule has 0 unspecified atom stereocenters. The lowest BCUT2D eigenvalue weighted by Crippen LogP contribution is -2.31. The SMILES string of the molecule is NS(=O)(=O)CCNC(=O)c1cccc2ncccc12. The largest absolute Gasteiger partial charge is 0.351 e. The molecule has 0 aliphatic carbocycles. The predicted octanol–water partition coefficient (Wildman–Crippen LogP) is 0.253. The van der Waals surface area contributed by atoms with Gasteiger partial charge in [0.15, 0.2) is 0 Å². The van der Waals surface area contributed by atoms with Crippen LogP contribution in [0, 0.1) is 0 Å². The molecular weight excluding hydrogens is 266 g/mol. The zero-order valence-corrected chi connectivity index (χ0v) is 10.9. The number of nitrogens with one attached hydrogen (secondary N) is 1. The summed E-state index contributed by atoms with van der Waals surface area (Å²) in [6, 6.07) is 8.72. The fraction of sp³-hybridized carbons (Fsp3) is 0.167. The summed E-state index contributed by atoms with van der Waals surface area (Å²) in [7, 11) is -3.57. The third-order valence-electron chi connectivity index (χ3n) is 2.56. The Labute approximate surface area is 110 Å². The van der Waals surface area contributed by atoms with Crippen LogP contribution in [0.15, 0.2) is 36.5 Å². The highest BCUT2D eigenvalue weighted by atomic mass is 32.2. The third-order valence-corrected chi connectivity index (χ3v) is 3.34. The molecule has 0 saturated heterocycles. The van der Waals surface area contributed by atoms with E-state index in [4.69, 9.17) is 5.14 Å². The van der Waals surface area contributed by atoms with E-state index >= 15 is 0 Å². The van der Waals surface area contributed by atoms with E-state index in [2.05, 4.69) is 10.3 Å². The van der Waals surface area contributed by atoms with Crippen molar-refractivity contribution >= 4 is 26.8 Å². The minimum Gasteiger partial charge on any atom is -0.351 e. The molecule has 1 aromatic carbocycles. The number of carbonyl (C=O) groups is 1. The Morgan fingerprint density at radius 1 is 1.26 bits per heavy atom. The molecule has 0 aliphatic rings. The summed E-state index contributed by atoms with van der Waals surface area (Å²) in [6.07, 6.45) is 1.64. The minimum absolute atomic E-state index is 0.0195. The van der Waals surface area contributed by atoms with E-state index in [1.807, 2.05) is 0 Å². The second kappa shape index (κ2) is 5.33. The van der Waals surface area contributed by atoms with E-state index in [1.165, 1.54) is 0 Å². The molecule has 0 saturated carbocycles. The molecule has 19 heavy (non-hydrogen) atoms. The number of nitrogens with two attached hydrogens (primary N) is 1. The summed E-state index contributed by atoms with van der Waals surface area (Å²) in [5, 5.41) is 8.10. The number of carbonyl (C=O) groups excluding carboxylic acids is 1. The van der Waals surface area contributed by atoms with Gasteiger partial charge in [-0.05, 0) is 18.2 Å². The Balaban J connectivity index is 2.18. The van der Waals surface area contributed by atoms with Crippen molar-refractivity contribution < 1.29 is 13.2 Å². The van der Waals surface area contributed by atoms with Gasteiger partial charge in [-0.1, -0.05) is 12.1 Å². The Bertz CT molecular complexity index is 708. The lowest BCUT2D eigenvalue weighted by Gasteiger charge is -2.07. The summed E-state index contributed by atoms with van der Waals surface area (Å²) < 4.78 is 21.6. The maximum atomic E-state index is 12.0. The molecule has 1 heterocycles. The molecule has 0 aliphatic heterocycles. The summed E-state index contributed by atoms with van der Waals surface area (Å²) in [5.74, 6) is -0.635. The van der Waals surface area contributed by atoms with Gasteiger partial charge < -0.3 is 5.32 Å². The molecule has 6 nitrogen and oxygen atoms in total. The van der Waals surface area contributed by atoms with Crippen molar-refractivity contribution in [3.05, 3.63) is 42.1 Å². The van der Waals surface area contributed by atoms with Crippen LogP contribution < -0.4 is 10.5 Å². The average molecular weight is 279 g/mol. The number of rotatable bonds is 4. The summed E-state index contributed by atoms with van der Waals surface area (Å²) in [5.41, 5.74) is 1.17. The van der Waals surface area contributed by atoms with Crippen LogP contribution in [0.5, 0.6) is 0 Å². The highest BCUT2D eigenvalue weighted by Crippen LogP contribution is 2.15. The molecule has 1 aromatic heterocycles. The molecule has 0 radical (unpaired) electrons. The van der Waals surface area contributed by atoms with Gasteiger partial charge in [0.2, 0.25) is 10.0 Å². The zero-order valence-electron chi connectivity index (χ0n) is 10.0. The fourth-order valence-electron chi connectivity index (χ4n) is 1.70. The smallest absolute Gasteiger partial charge is 0.252 e. The van der Waals surface area contributed by atoms with Crippen LogP contribution in [0.1, 0.15) is 10.4 Å². The molecule has 0 atom stereocenters. The lowest BCUT2D eigenvalue weighted by atomic mass is 10.1. The number of sulfonamides is 1. The van der Waals surface area contributed by atoms with Crippen LogP contribution in [-0.4, -0.2) is 31.6 Å². The quantitative estimate of drug-likeness (QED) is 0.837. The van der Waals surface area contributed by atoms with Crippen LogP contribution in [0.25, 0.3) is 10.9 Å². The Morgan fingerprint density at radius 3 is 2.79 bits per heavy atom. The minimum atomic E-state index is -3.57. The zero-order chi connectivity index (χ0) is 13.9. The molecule has 100 valence electrons. The second-order valence-electron chi connectivity index (χ2n) is 4.00. The van der Waals surface area contributed by atoms with Gasteiger partial charge in [0.05, 0.1) is 11.3 Å². The fourth-order valence-corrected chi connectivity index (χ4v) is 2.09. The third kappa shape index (κ3) is 3.49. The van der Waals surface area contributed by atoms with E-state index in [9.17, 15) is 13.2 Å². The second-order valence-corrected chi connectivity index (χ2v) is 5.73. The maximum absolute atomic E-state index is 12.0. The van der Waals surface area contributed by atoms with Crippen molar-refractivity contribution in [3.8, 4) is 0 Å². The molecule has 0 bridgehead atoms. The molecule has 0 spiro atoms. The maximum Gasteiger partial charge on any atom is 0.252 e. The molecule has 2 rings (SSSR count). The van der Waals surface area contributed by atoms with Crippen molar-refractivity contribution in [2.24, 2.45) is 5.14 Å². The highest BCUT2D eigenvalue weighted by molar-refractivity contribution is 7.89. The number of hydrogen-bond acceptors (Lipinski definition) is 4. The number of fused-ring (bicyclic) bond motifs is 1. The van der Waals surface area contributed by atoms with E-state index in [1.54, 1.807) is 36.5 Å². The van der Waals surface area contributed by atoms with Crippen molar-refractivity contribution in [2.75, 3.05) is 12.3 Å². The molecule has 1 amide bonds. The van der Waals surface area contributed by atoms with E-state index in [0.717, 1.165) is 5.39 Å². The summed E-state index contributed by atoms with van der Waals surface area (Å²) in [6.45, 7) is -0.0195. The molecule has 3 N–H and O–H groups in total. The first kappa shape index (κ1) is 13.4. The number of nitrogens with zero attached hydrogens (tertiary/aromatic N) is 1. The summed E-state index contributed by atoms with van der Waals surface area (Å²) >= 11 is 0. The van der Waals surface area contributed by atoms with Gasteiger partial charge in [0.25, 0.3) is 5.91 Å². The van der Waals surface area contributed by atoms with Crippen molar-refractivity contribution in [1.29, 1.82) is 0 Å². The topological polar surface area (TPSA) is 102 Å². The van der Waals surface area contributed by atoms with Gasteiger partial charge in [0.1, 0.15) is 0 Å². The number of aromatic nitrogens is 1. The first-order valence-corrected chi connectivity index (χ1v) is 7.31. The first-order valence-electron chi connectivity index (χ1n) is 5.60. The van der Waals surface area contributed by atoms with E-state index in [-0.39, 0.29) is 18.2 Å². The number of hydrogen-bond donors (Lipinski definition) is 2. The standard InChI is InChI=1S/C12H13N3O3S/c13-19(17,18)8-7-15-12(16)10-3-1-5-11-9(10)4-2-6-14-11/h1-6H,7-8H2,(H,15,16)(H2,13,17,18). The molecule has 2 aromatic rings. The predicted molar refractivity (Wildman–Crippen MR) is 72.1 cm³/mol. The van der Waals surface area contributed by atoms with Crippen LogP contribution in [0.3, 0.4) is 0 Å². The van der Waals surface area contributed by atoms with Gasteiger partial charge in [0, 0.05) is 23.7 Å². The van der Waals surface area contributed by atoms with Gasteiger partial charge in [-0.3, -0.25) is 9.78 Å². The van der Waals surface area contributed by atoms with Crippen LogP contribution >= 0.6 is 0 Å². The number of primary sulfonamides is 1. The van der Waals surface area contributed by atoms with Gasteiger partial charge in [-0.15, -0.1) is 0 Å². The number of benzene rings is 1. The highest BCUT2D eigenvalue weighted by Gasteiger charge is 2.10. The summed E-state index contributed by atoms with van der Waals surface area (Å²) in [4.78, 5) is 16.1. The van der Waals surface area contributed by atoms with Crippen molar-refractivity contribution in [2.45, 2.75) is 0 Å². The molecule has 0 fully saturated rings. The average Bonchev–Trinajstić information content (AvgIpc) is 2.36. The number of pyridine rings is 1. The van der Waals surface area contributed by atoms with Gasteiger partial charge >= 0.3 is 0 Å². The van der Waals surface area contributed by atoms with Crippen molar-refractivity contribution in [1.82, 2.24) is 10.3 Å². The van der Waals surface area contributed by atoms with Crippen LogP contribution in [-0.2, 0) is 10.0 Å². The van der Waals surface area contributed by atoms with Crippen molar-refractivity contribution in [3.63, 3.8) is 0 Å². The van der Waals surface area contributed by atoms with Gasteiger partial charge in [-0.2, -0.15) is 0 Å². The molecule has 7 heteroatoms. The van der Waals surface area contributed by atoms with Crippen LogP contribution in [0.4, 0.5) is 0 Å². The number of amides is 1. The monoisotopic (exact) mass is 279 g/mol.